The van der Waals surface area contributed by atoms with Crippen LogP contribution in [-0.4, -0.2) is 65.2 Å². The lowest BCUT2D eigenvalue weighted by atomic mass is 10.0. The summed E-state index contributed by atoms with van der Waals surface area (Å²) in [5.74, 6) is -3.11. The molecule has 3 unspecified atom stereocenters. The van der Waals surface area contributed by atoms with Crippen molar-refractivity contribution >= 4 is 23.7 Å². The van der Waals surface area contributed by atoms with Crippen LogP contribution in [0.2, 0.25) is 0 Å². The summed E-state index contributed by atoms with van der Waals surface area (Å²) in [6.07, 6.45) is 0.374. The summed E-state index contributed by atoms with van der Waals surface area (Å²) >= 11 is 0. The van der Waals surface area contributed by atoms with Gasteiger partial charge in [-0.05, 0) is 17.9 Å². The molecule has 166 valence electrons. The third kappa shape index (κ3) is 9.01. The molecule has 7 N–H and O–H groups in total. The molecule has 0 fully saturated rings. The number of amides is 3. The van der Waals surface area contributed by atoms with Gasteiger partial charge in [-0.15, -0.1) is 0 Å². The minimum atomic E-state index is -1.19. The van der Waals surface area contributed by atoms with E-state index in [4.69, 9.17) is 10.8 Å². The Kier molecular flexibility index (Phi) is 10.5. The normalized spacial score (nSPS) is 13.8. The second-order valence-electron chi connectivity index (χ2n) is 7.35. The lowest BCUT2D eigenvalue weighted by Gasteiger charge is -2.23. The Labute approximate surface area is 175 Å². The summed E-state index contributed by atoms with van der Waals surface area (Å²) in [5, 5.41) is 25.5. The first-order valence-corrected chi connectivity index (χ1v) is 9.64. The van der Waals surface area contributed by atoms with Gasteiger partial charge in [0.25, 0.3) is 0 Å². The Morgan fingerprint density at radius 2 is 1.63 bits per heavy atom. The van der Waals surface area contributed by atoms with Crippen molar-refractivity contribution in [3.05, 3.63) is 35.9 Å². The van der Waals surface area contributed by atoms with Crippen molar-refractivity contribution in [3.63, 3.8) is 0 Å². The van der Waals surface area contributed by atoms with E-state index in [0.29, 0.717) is 0 Å². The van der Waals surface area contributed by atoms with E-state index in [1.165, 1.54) is 0 Å². The molecule has 3 atom stereocenters. The number of benzene rings is 1. The summed E-state index contributed by atoms with van der Waals surface area (Å²) in [5.41, 5.74) is 6.10. The van der Waals surface area contributed by atoms with Crippen LogP contribution in [-0.2, 0) is 25.6 Å². The number of aliphatic hydroxyl groups excluding tert-OH is 1. The molecule has 0 aliphatic carbocycles. The van der Waals surface area contributed by atoms with Crippen LogP contribution < -0.4 is 21.7 Å². The standard InChI is InChI=1S/C20H30N4O6/c1-12(2)8-15(23-17(26)10-22-18(27)14(21)11-25)19(28)24-16(20(29)30)9-13-6-4-3-5-7-13/h3-7,12,14-16,25H,8-11,21H2,1-2H3,(H,22,27)(H,23,26)(H,24,28)(H,29,30). The number of hydrogen-bond donors (Lipinski definition) is 6. The zero-order valence-corrected chi connectivity index (χ0v) is 17.1. The van der Waals surface area contributed by atoms with Gasteiger partial charge in [0.05, 0.1) is 13.2 Å². The molecule has 0 aliphatic heterocycles. The van der Waals surface area contributed by atoms with Gasteiger partial charge in [0, 0.05) is 6.42 Å². The van der Waals surface area contributed by atoms with Crippen LogP contribution in [0.1, 0.15) is 25.8 Å². The molecule has 0 heterocycles. The number of rotatable bonds is 12. The van der Waals surface area contributed by atoms with Crippen molar-refractivity contribution in [2.45, 2.75) is 44.8 Å². The fourth-order valence-corrected chi connectivity index (χ4v) is 2.65. The van der Waals surface area contributed by atoms with Crippen LogP contribution in [0.15, 0.2) is 30.3 Å². The molecular formula is C20H30N4O6. The molecule has 1 aromatic carbocycles. The Bertz CT molecular complexity index is 725. The van der Waals surface area contributed by atoms with Gasteiger partial charge in [0.2, 0.25) is 17.7 Å². The number of carboxylic acids is 1. The molecule has 10 nitrogen and oxygen atoms in total. The zero-order chi connectivity index (χ0) is 22.7. The van der Waals surface area contributed by atoms with Gasteiger partial charge in [0.1, 0.15) is 18.1 Å². The maximum Gasteiger partial charge on any atom is 0.326 e. The first-order chi connectivity index (χ1) is 14.1. The van der Waals surface area contributed by atoms with E-state index < -0.39 is 55.0 Å². The predicted octanol–water partition coefficient (Wildman–Crippen LogP) is -1.23. The molecule has 0 aliphatic rings. The Balaban J connectivity index is 2.75. The van der Waals surface area contributed by atoms with E-state index in [1.807, 2.05) is 13.8 Å². The zero-order valence-electron chi connectivity index (χ0n) is 17.1. The topological polar surface area (TPSA) is 171 Å². The van der Waals surface area contributed by atoms with E-state index in [1.54, 1.807) is 30.3 Å². The van der Waals surface area contributed by atoms with Gasteiger partial charge in [-0.3, -0.25) is 14.4 Å². The van der Waals surface area contributed by atoms with Gasteiger partial charge in [-0.1, -0.05) is 44.2 Å². The maximum absolute atomic E-state index is 12.7. The number of carbonyl (C=O) groups excluding carboxylic acids is 3. The monoisotopic (exact) mass is 422 g/mol. The molecule has 0 saturated carbocycles. The van der Waals surface area contributed by atoms with Crippen LogP contribution in [0.25, 0.3) is 0 Å². The van der Waals surface area contributed by atoms with Crippen LogP contribution in [0.4, 0.5) is 0 Å². The molecule has 10 heteroatoms. The van der Waals surface area contributed by atoms with Crippen molar-refractivity contribution < 1.29 is 29.4 Å². The molecule has 0 spiro atoms. The summed E-state index contributed by atoms with van der Waals surface area (Å²) in [6, 6.07) is 5.58. The van der Waals surface area contributed by atoms with Crippen molar-refractivity contribution in [2.24, 2.45) is 11.7 Å². The third-order valence-electron chi connectivity index (χ3n) is 4.21. The van der Waals surface area contributed by atoms with E-state index in [9.17, 15) is 24.3 Å². The van der Waals surface area contributed by atoms with Crippen molar-refractivity contribution in [1.82, 2.24) is 16.0 Å². The fourth-order valence-electron chi connectivity index (χ4n) is 2.65. The van der Waals surface area contributed by atoms with Gasteiger partial charge in [-0.25, -0.2) is 4.79 Å². The van der Waals surface area contributed by atoms with Gasteiger partial charge in [-0.2, -0.15) is 0 Å². The molecule has 3 amide bonds. The number of aliphatic hydroxyl groups is 1. The van der Waals surface area contributed by atoms with Gasteiger partial charge in [0.15, 0.2) is 0 Å². The fraction of sp³-hybridized carbons (Fsp3) is 0.500. The van der Waals surface area contributed by atoms with Crippen molar-refractivity contribution in [3.8, 4) is 0 Å². The predicted molar refractivity (Wildman–Crippen MR) is 109 cm³/mol. The SMILES string of the molecule is CC(C)CC(NC(=O)CNC(=O)C(N)CO)C(=O)NC(Cc1ccccc1)C(=O)O. The molecular weight excluding hydrogens is 392 g/mol. The van der Waals surface area contributed by atoms with Crippen LogP contribution in [0.5, 0.6) is 0 Å². The summed E-state index contributed by atoms with van der Waals surface area (Å²) in [6.45, 7) is 2.71. The van der Waals surface area contributed by atoms with E-state index in [0.717, 1.165) is 5.56 Å². The molecule has 0 aromatic heterocycles. The number of carbonyl (C=O) groups is 4. The smallest absolute Gasteiger partial charge is 0.326 e. The number of aliphatic carboxylic acids is 1. The minimum Gasteiger partial charge on any atom is -0.480 e. The van der Waals surface area contributed by atoms with Crippen molar-refractivity contribution in [2.75, 3.05) is 13.2 Å². The Morgan fingerprint density at radius 1 is 1.00 bits per heavy atom. The molecule has 1 aromatic rings. The molecule has 0 saturated heterocycles. The average molecular weight is 422 g/mol. The number of nitrogens with one attached hydrogen (secondary N) is 3. The van der Waals surface area contributed by atoms with Gasteiger partial charge < -0.3 is 31.9 Å². The number of hydrogen-bond acceptors (Lipinski definition) is 6. The Morgan fingerprint density at radius 3 is 2.17 bits per heavy atom. The summed E-state index contributed by atoms with van der Waals surface area (Å²) < 4.78 is 0. The highest BCUT2D eigenvalue weighted by Crippen LogP contribution is 2.08. The first-order valence-electron chi connectivity index (χ1n) is 9.64. The lowest BCUT2D eigenvalue weighted by Crippen LogP contribution is -2.54. The maximum atomic E-state index is 12.7. The second-order valence-corrected chi connectivity index (χ2v) is 7.35. The summed E-state index contributed by atoms with van der Waals surface area (Å²) in [7, 11) is 0. The highest BCUT2D eigenvalue weighted by Gasteiger charge is 2.27. The van der Waals surface area contributed by atoms with E-state index >= 15 is 0 Å². The molecule has 0 bridgehead atoms. The lowest BCUT2D eigenvalue weighted by molar-refractivity contribution is -0.142. The van der Waals surface area contributed by atoms with Crippen molar-refractivity contribution in [1.29, 1.82) is 0 Å². The third-order valence-corrected chi connectivity index (χ3v) is 4.21. The molecule has 0 radical (unpaired) electrons. The van der Waals surface area contributed by atoms with E-state index in [2.05, 4.69) is 16.0 Å². The minimum absolute atomic E-state index is 0.0378. The largest absolute Gasteiger partial charge is 0.480 e. The van der Waals surface area contributed by atoms with Crippen LogP contribution in [0.3, 0.4) is 0 Å². The quantitative estimate of drug-likeness (QED) is 0.245. The second kappa shape index (κ2) is 12.6. The average Bonchev–Trinajstić information content (AvgIpc) is 2.70. The van der Waals surface area contributed by atoms with Gasteiger partial charge >= 0.3 is 5.97 Å². The van der Waals surface area contributed by atoms with Crippen LogP contribution >= 0.6 is 0 Å². The number of carboxylic acid groups (broad SMARTS) is 1. The highest BCUT2D eigenvalue weighted by atomic mass is 16.4. The highest BCUT2D eigenvalue weighted by molar-refractivity contribution is 5.92. The summed E-state index contributed by atoms with van der Waals surface area (Å²) in [4.78, 5) is 48.0. The van der Waals surface area contributed by atoms with Crippen LogP contribution in [0, 0.1) is 5.92 Å². The molecule has 30 heavy (non-hydrogen) atoms. The first kappa shape index (κ1) is 25.1. The number of nitrogens with two attached hydrogens (primary N) is 1. The Hall–Kier alpha value is -2.98. The molecule has 1 rings (SSSR count). The van der Waals surface area contributed by atoms with E-state index in [-0.39, 0.29) is 18.8 Å².